The first-order valence-electron chi connectivity index (χ1n) is 9.95. The molecule has 0 atom stereocenters. The molecule has 0 aliphatic rings. The summed E-state index contributed by atoms with van der Waals surface area (Å²) in [5.74, 6) is 0.169. The predicted octanol–water partition coefficient (Wildman–Crippen LogP) is 5.49. The van der Waals surface area contributed by atoms with Crippen LogP contribution in [0, 0.1) is 5.92 Å². The smallest absolute Gasteiger partial charge is 0.259 e. The van der Waals surface area contributed by atoms with Gasteiger partial charge in [-0.05, 0) is 36.8 Å². The summed E-state index contributed by atoms with van der Waals surface area (Å²) in [5, 5.41) is 5.72. The van der Waals surface area contributed by atoms with E-state index in [1.807, 2.05) is 32.0 Å². The van der Waals surface area contributed by atoms with E-state index in [4.69, 9.17) is 4.74 Å². The summed E-state index contributed by atoms with van der Waals surface area (Å²) in [5.41, 5.74) is 1.76. The van der Waals surface area contributed by atoms with Gasteiger partial charge in [-0.25, -0.2) is 0 Å². The lowest BCUT2D eigenvalue weighted by Gasteiger charge is -2.13. The van der Waals surface area contributed by atoms with E-state index in [0.717, 1.165) is 12.8 Å². The van der Waals surface area contributed by atoms with E-state index in [0.29, 0.717) is 29.3 Å². The molecule has 2 N–H and O–H groups in total. The first-order chi connectivity index (χ1) is 13.5. The van der Waals surface area contributed by atoms with Crippen LogP contribution in [0.2, 0.25) is 0 Å². The van der Waals surface area contributed by atoms with Crippen LogP contribution in [-0.2, 0) is 4.79 Å². The SMILES string of the molecule is CCCCCCOc1ccccc1C(=O)Nc1cccc(NC(=O)C(C)C)c1. The lowest BCUT2D eigenvalue weighted by molar-refractivity contribution is -0.118. The van der Waals surface area contributed by atoms with Gasteiger partial charge in [0.25, 0.3) is 5.91 Å². The maximum atomic E-state index is 12.7. The van der Waals surface area contributed by atoms with Gasteiger partial charge in [-0.15, -0.1) is 0 Å². The molecule has 0 bridgehead atoms. The monoisotopic (exact) mass is 382 g/mol. The largest absolute Gasteiger partial charge is 0.493 e. The van der Waals surface area contributed by atoms with Gasteiger partial charge in [0, 0.05) is 17.3 Å². The summed E-state index contributed by atoms with van der Waals surface area (Å²) in [7, 11) is 0. The molecule has 0 saturated carbocycles. The lowest BCUT2D eigenvalue weighted by atomic mass is 10.1. The second-order valence-electron chi connectivity index (χ2n) is 7.08. The standard InChI is InChI=1S/C23H30N2O3/c1-4-5-6-9-15-28-21-14-8-7-13-20(21)23(27)25-19-12-10-11-18(16-19)24-22(26)17(2)3/h7-8,10-14,16-17H,4-6,9,15H2,1-3H3,(H,24,26)(H,25,27). The number of hydrogen-bond acceptors (Lipinski definition) is 3. The second kappa shape index (κ2) is 11.1. The molecule has 0 aromatic heterocycles. The second-order valence-corrected chi connectivity index (χ2v) is 7.08. The molecular weight excluding hydrogens is 352 g/mol. The Bertz CT molecular complexity index is 787. The summed E-state index contributed by atoms with van der Waals surface area (Å²) in [6, 6.07) is 14.4. The van der Waals surface area contributed by atoms with Gasteiger partial charge in [0.15, 0.2) is 0 Å². The van der Waals surface area contributed by atoms with Crippen LogP contribution in [0.1, 0.15) is 56.8 Å². The zero-order valence-corrected chi connectivity index (χ0v) is 17.0. The van der Waals surface area contributed by atoms with Gasteiger partial charge < -0.3 is 15.4 Å². The van der Waals surface area contributed by atoms with Crippen molar-refractivity contribution < 1.29 is 14.3 Å². The molecule has 0 radical (unpaired) electrons. The van der Waals surface area contributed by atoms with Gasteiger partial charge in [0.05, 0.1) is 12.2 Å². The molecule has 2 rings (SSSR count). The Morgan fingerprint density at radius 1 is 0.929 bits per heavy atom. The van der Waals surface area contributed by atoms with Gasteiger partial charge in [0.2, 0.25) is 5.91 Å². The highest BCUT2D eigenvalue weighted by Gasteiger charge is 2.13. The summed E-state index contributed by atoms with van der Waals surface area (Å²) >= 11 is 0. The van der Waals surface area contributed by atoms with Gasteiger partial charge in [0.1, 0.15) is 5.75 Å². The Balaban J connectivity index is 2.02. The van der Waals surface area contributed by atoms with E-state index in [9.17, 15) is 9.59 Å². The average molecular weight is 383 g/mol. The Labute approximate surface area is 167 Å². The van der Waals surface area contributed by atoms with E-state index >= 15 is 0 Å². The molecule has 0 aliphatic carbocycles. The highest BCUT2D eigenvalue weighted by atomic mass is 16.5. The lowest BCUT2D eigenvalue weighted by Crippen LogP contribution is -2.18. The predicted molar refractivity (Wildman–Crippen MR) is 114 cm³/mol. The van der Waals surface area contributed by atoms with Crippen molar-refractivity contribution in [2.75, 3.05) is 17.2 Å². The molecule has 28 heavy (non-hydrogen) atoms. The summed E-state index contributed by atoms with van der Waals surface area (Å²) in [6.45, 7) is 6.44. The zero-order chi connectivity index (χ0) is 20.4. The van der Waals surface area contributed by atoms with Gasteiger partial charge in [-0.3, -0.25) is 9.59 Å². The number of benzene rings is 2. The third kappa shape index (κ3) is 6.72. The molecule has 2 aromatic rings. The molecule has 150 valence electrons. The molecule has 5 nitrogen and oxygen atoms in total. The van der Waals surface area contributed by atoms with Crippen LogP contribution < -0.4 is 15.4 Å². The van der Waals surface area contributed by atoms with Crippen LogP contribution in [0.25, 0.3) is 0 Å². The third-order valence-corrected chi connectivity index (χ3v) is 4.30. The van der Waals surface area contributed by atoms with Crippen molar-refractivity contribution in [2.24, 2.45) is 5.92 Å². The van der Waals surface area contributed by atoms with Gasteiger partial charge in [-0.2, -0.15) is 0 Å². The van der Waals surface area contributed by atoms with Gasteiger partial charge >= 0.3 is 0 Å². The fourth-order valence-corrected chi connectivity index (χ4v) is 2.65. The van der Waals surface area contributed by atoms with Crippen LogP contribution in [-0.4, -0.2) is 18.4 Å². The minimum Gasteiger partial charge on any atom is -0.493 e. The minimum absolute atomic E-state index is 0.0645. The van der Waals surface area contributed by atoms with Crippen LogP contribution in [0.5, 0.6) is 5.75 Å². The molecular formula is C23H30N2O3. The normalized spacial score (nSPS) is 10.6. The summed E-state index contributed by atoms with van der Waals surface area (Å²) in [6.07, 6.45) is 4.46. The Morgan fingerprint density at radius 2 is 1.64 bits per heavy atom. The van der Waals surface area contributed by atoms with E-state index < -0.39 is 0 Å². The maximum absolute atomic E-state index is 12.7. The van der Waals surface area contributed by atoms with Crippen molar-refractivity contribution in [2.45, 2.75) is 46.5 Å². The molecule has 0 saturated heterocycles. The summed E-state index contributed by atoms with van der Waals surface area (Å²) in [4.78, 5) is 24.6. The van der Waals surface area contributed by atoms with Crippen molar-refractivity contribution >= 4 is 23.2 Å². The quantitative estimate of drug-likeness (QED) is 0.534. The molecule has 2 amide bonds. The number of para-hydroxylation sites is 1. The molecule has 0 heterocycles. The van der Waals surface area contributed by atoms with Crippen LogP contribution in [0.15, 0.2) is 48.5 Å². The highest BCUT2D eigenvalue weighted by Crippen LogP contribution is 2.22. The first kappa shape index (κ1) is 21.5. The Kier molecular flexibility index (Phi) is 8.53. The van der Waals surface area contributed by atoms with Crippen molar-refractivity contribution in [3.8, 4) is 5.75 Å². The van der Waals surface area contributed by atoms with Crippen LogP contribution in [0.4, 0.5) is 11.4 Å². The number of hydrogen-bond donors (Lipinski definition) is 2. The number of ether oxygens (including phenoxy) is 1. The Hall–Kier alpha value is -2.82. The first-order valence-corrected chi connectivity index (χ1v) is 9.95. The molecule has 5 heteroatoms. The minimum atomic E-state index is -0.239. The molecule has 0 spiro atoms. The number of nitrogens with one attached hydrogen (secondary N) is 2. The van der Waals surface area contributed by atoms with E-state index in [1.54, 1.807) is 30.3 Å². The fourth-order valence-electron chi connectivity index (χ4n) is 2.65. The Morgan fingerprint density at radius 3 is 2.36 bits per heavy atom. The van der Waals surface area contributed by atoms with E-state index in [-0.39, 0.29) is 17.7 Å². The summed E-state index contributed by atoms with van der Waals surface area (Å²) < 4.78 is 5.83. The molecule has 2 aromatic carbocycles. The van der Waals surface area contributed by atoms with Crippen molar-refractivity contribution in [1.29, 1.82) is 0 Å². The van der Waals surface area contributed by atoms with Crippen molar-refractivity contribution in [3.05, 3.63) is 54.1 Å². The molecule has 0 aliphatic heterocycles. The zero-order valence-electron chi connectivity index (χ0n) is 17.0. The number of carbonyl (C=O) groups is 2. The van der Waals surface area contributed by atoms with E-state index in [2.05, 4.69) is 17.6 Å². The van der Waals surface area contributed by atoms with Crippen molar-refractivity contribution in [3.63, 3.8) is 0 Å². The highest BCUT2D eigenvalue weighted by molar-refractivity contribution is 6.06. The number of rotatable bonds is 10. The molecule has 0 fully saturated rings. The number of amides is 2. The van der Waals surface area contributed by atoms with Crippen LogP contribution in [0.3, 0.4) is 0 Å². The average Bonchev–Trinajstić information content (AvgIpc) is 2.68. The fraction of sp³-hybridized carbons (Fsp3) is 0.391. The number of carbonyl (C=O) groups excluding carboxylic acids is 2. The third-order valence-electron chi connectivity index (χ3n) is 4.30. The maximum Gasteiger partial charge on any atom is 0.259 e. The number of unbranched alkanes of at least 4 members (excludes halogenated alkanes) is 3. The topological polar surface area (TPSA) is 67.4 Å². The van der Waals surface area contributed by atoms with Gasteiger partial charge in [-0.1, -0.05) is 58.2 Å². The number of anilines is 2. The van der Waals surface area contributed by atoms with E-state index in [1.165, 1.54) is 12.8 Å². The van der Waals surface area contributed by atoms with Crippen LogP contribution >= 0.6 is 0 Å². The van der Waals surface area contributed by atoms with Crippen molar-refractivity contribution in [1.82, 2.24) is 0 Å². The molecule has 0 unspecified atom stereocenters.